The Morgan fingerprint density at radius 1 is 1.28 bits per heavy atom. The molecule has 0 bridgehead atoms. The highest BCUT2D eigenvalue weighted by Crippen LogP contribution is 2.42. The van der Waals surface area contributed by atoms with Gasteiger partial charge in [-0.2, -0.15) is 0 Å². The number of carbonyl (C=O) groups excluding carboxylic acids is 1. The van der Waals surface area contributed by atoms with E-state index < -0.39 is 5.97 Å². The lowest BCUT2D eigenvalue weighted by atomic mass is 9.77. The number of hydrogen-bond acceptors (Lipinski definition) is 7. The summed E-state index contributed by atoms with van der Waals surface area (Å²) in [6.07, 6.45) is 4.50. The molecule has 1 aliphatic heterocycles. The molecular weight excluding hydrogens is 372 g/mol. The molecule has 3 heterocycles. The monoisotopic (exact) mass is 396 g/mol. The zero-order chi connectivity index (χ0) is 20.0. The number of aliphatic hydroxyl groups excluding tert-OH is 1. The van der Waals surface area contributed by atoms with Crippen molar-refractivity contribution in [1.29, 1.82) is 0 Å². The van der Waals surface area contributed by atoms with Crippen LogP contribution in [0.15, 0.2) is 41.3 Å². The van der Waals surface area contributed by atoms with Gasteiger partial charge >= 0.3 is 5.97 Å². The summed E-state index contributed by atoms with van der Waals surface area (Å²) in [6.45, 7) is 2.38. The normalized spacial score (nSPS) is 27.2. The van der Waals surface area contributed by atoms with Crippen LogP contribution in [-0.4, -0.2) is 56.8 Å². The van der Waals surface area contributed by atoms with Gasteiger partial charge in [-0.3, -0.25) is 4.90 Å². The molecule has 8 nitrogen and oxygen atoms in total. The van der Waals surface area contributed by atoms with Crippen LogP contribution in [0.5, 0.6) is 0 Å². The number of rotatable bonds is 4. The Labute approximate surface area is 168 Å². The number of benzene rings is 1. The van der Waals surface area contributed by atoms with Gasteiger partial charge in [-0.25, -0.2) is 14.8 Å². The molecule has 1 saturated heterocycles. The maximum absolute atomic E-state index is 11.6. The Balaban J connectivity index is 1.29. The van der Waals surface area contributed by atoms with Crippen LogP contribution in [0.4, 0.5) is 0 Å². The number of para-hydroxylation sites is 2. The standard InChI is InChI=1S/C21H24N4O4/c1-28-21(27)16-11-29-20(23-16)10-24-8-13-6-18(19(26)7-14(13)9-24)25-12-22-15-4-2-3-5-17(15)25/h2-5,11-14,18-19,26H,6-10H2,1H3/t13-,14+,18-,19-/m1/s1. The molecule has 2 aliphatic rings. The molecule has 3 aromatic rings. The van der Waals surface area contributed by atoms with Crippen molar-refractivity contribution < 1.29 is 19.1 Å². The van der Waals surface area contributed by atoms with Crippen LogP contribution >= 0.6 is 0 Å². The van der Waals surface area contributed by atoms with Crippen molar-refractivity contribution in [3.8, 4) is 0 Å². The Kier molecular flexibility index (Phi) is 4.60. The zero-order valence-electron chi connectivity index (χ0n) is 16.3. The highest BCUT2D eigenvalue weighted by molar-refractivity contribution is 5.86. The first-order valence-corrected chi connectivity index (χ1v) is 9.97. The Morgan fingerprint density at radius 2 is 2.07 bits per heavy atom. The summed E-state index contributed by atoms with van der Waals surface area (Å²) in [4.78, 5) is 22.6. The molecule has 1 N–H and O–H groups in total. The van der Waals surface area contributed by atoms with Crippen molar-refractivity contribution in [1.82, 2.24) is 19.4 Å². The first-order chi connectivity index (χ1) is 14.1. The number of fused-ring (bicyclic) bond motifs is 2. The first-order valence-electron chi connectivity index (χ1n) is 9.97. The van der Waals surface area contributed by atoms with E-state index in [-0.39, 0.29) is 17.8 Å². The van der Waals surface area contributed by atoms with Gasteiger partial charge in [0.05, 0.1) is 43.2 Å². The average Bonchev–Trinajstić information content (AvgIpc) is 3.45. The number of aromatic nitrogens is 3. The summed E-state index contributed by atoms with van der Waals surface area (Å²) in [7, 11) is 1.33. The molecule has 1 saturated carbocycles. The summed E-state index contributed by atoms with van der Waals surface area (Å²) in [5.74, 6) is 0.973. The molecule has 2 aromatic heterocycles. The van der Waals surface area contributed by atoms with Gasteiger partial charge in [0.1, 0.15) is 6.26 Å². The topological polar surface area (TPSA) is 93.6 Å². The third kappa shape index (κ3) is 3.32. The van der Waals surface area contributed by atoms with E-state index in [2.05, 4.69) is 30.2 Å². The van der Waals surface area contributed by atoms with E-state index in [1.807, 2.05) is 24.5 Å². The lowest BCUT2D eigenvalue weighted by Crippen LogP contribution is -2.36. The lowest BCUT2D eigenvalue weighted by molar-refractivity contribution is 0.0374. The van der Waals surface area contributed by atoms with Gasteiger partial charge in [-0.05, 0) is 36.8 Å². The molecule has 0 unspecified atom stereocenters. The van der Waals surface area contributed by atoms with Crippen LogP contribution in [0, 0.1) is 11.8 Å². The smallest absolute Gasteiger partial charge is 0.360 e. The maximum Gasteiger partial charge on any atom is 0.360 e. The molecular formula is C21H24N4O4. The van der Waals surface area contributed by atoms with E-state index in [1.165, 1.54) is 13.4 Å². The molecule has 1 aromatic carbocycles. The van der Waals surface area contributed by atoms with E-state index in [9.17, 15) is 9.90 Å². The quantitative estimate of drug-likeness (QED) is 0.676. The van der Waals surface area contributed by atoms with Gasteiger partial charge < -0.3 is 18.8 Å². The Morgan fingerprint density at radius 3 is 2.90 bits per heavy atom. The zero-order valence-corrected chi connectivity index (χ0v) is 16.3. The van der Waals surface area contributed by atoms with Crippen LogP contribution in [0.1, 0.15) is 35.3 Å². The number of esters is 1. The Bertz CT molecular complexity index is 1030. The molecule has 0 amide bonds. The van der Waals surface area contributed by atoms with Gasteiger partial charge in [-0.1, -0.05) is 12.1 Å². The summed E-state index contributed by atoms with van der Waals surface area (Å²) < 4.78 is 12.2. The number of carbonyl (C=O) groups is 1. The minimum Gasteiger partial charge on any atom is -0.464 e. The van der Waals surface area contributed by atoms with Crippen LogP contribution in [0.2, 0.25) is 0 Å². The summed E-state index contributed by atoms with van der Waals surface area (Å²) in [6, 6.07) is 8.09. The highest BCUT2D eigenvalue weighted by atomic mass is 16.5. The molecule has 1 aliphatic carbocycles. The molecule has 0 spiro atoms. The largest absolute Gasteiger partial charge is 0.464 e. The minimum atomic E-state index is -0.492. The third-order valence-electron chi connectivity index (χ3n) is 6.33. The summed E-state index contributed by atoms with van der Waals surface area (Å²) in [5.41, 5.74) is 2.22. The highest BCUT2D eigenvalue weighted by Gasteiger charge is 2.42. The van der Waals surface area contributed by atoms with Crippen molar-refractivity contribution in [3.05, 3.63) is 48.4 Å². The summed E-state index contributed by atoms with van der Waals surface area (Å²) >= 11 is 0. The van der Waals surface area contributed by atoms with Gasteiger partial charge in [0.15, 0.2) is 5.69 Å². The van der Waals surface area contributed by atoms with Gasteiger partial charge in [0.25, 0.3) is 0 Å². The molecule has 8 heteroatoms. The van der Waals surface area contributed by atoms with Crippen molar-refractivity contribution in [3.63, 3.8) is 0 Å². The minimum absolute atomic E-state index is 0.0382. The molecule has 4 atom stereocenters. The van der Waals surface area contributed by atoms with E-state index in [4.69, 9.17) is 4.42 Å². The van der Waals surface area contributed by atoms with E-state index in [1.54, 1.807) is 0 Å². The van der Waals surface area contributed by atoms with Crippen LogP contribution in [0.25, 0.3) is 11.0 Å². The predicted octanol–water partition coefficient (Wildman–Crippen LogP) is 2.25. The molecule has 2 fully saturated rings. The van der Waals surface area contributed by atoms with Crippen LogP contribution in [-0.2, 0) is 11.3 Å². The fourth-order valence-corrected chi connectivity index (χ4v) is 4.95. The number of nitrogens with zero attached hydrogens (tertiary/aromatic N) is 4. The first kappa shape index (κ1) is 18.3. The molecule has 29 heavy (non-hydrogen) atoms. The summed E-state index contributed by atoms with van der Waals surface area (Å²) in [5, 5.41) is 10.9. The van der Waals surface area contributed by atoms with Crippen molar-refractivity contribution in [2.24, 2.45) is 11.8 Å². The number of aliphatic hydroxyl groups is 1. The third-order valence-corrected chi connectivity index (χ3v) is 6.33. The number of likely N-dealkylation sites (tertiary alicyclic amines) is 1. The number of methoxy groups -OCH3 is 1. The predicted molar refractivity (Wildman–Crippen MR) is 104 cm³/mol. The number of imidazole rings is 1. The van der Waals surface area contributed by atoms with Crippen molar-refractivity contribution >= 4 is 17.0 Å². The fraction of sp³-hybridized carbons (Fsp3) is 0.476. The number of oxazole rings is 1. The fourth-order valence-electron chi connectivity index (χ4n) is 4.95. The van der Waals surface area contributed by atoms with Gasteiger partial charge in [-0.15, -0.1) is 0 Å². The average molecular weight is 396 g/mol. The molecule has 5 rings (SSSR count). The van der Waals surface area contributed by atoms with Crippen LogP contribution < -0.4 is 0 Å². The maximum atomic E-state index is 11.6. The SMILES string of the molecule is COC(=O)c1coc(CN2C[C@H]3C[C@@H](n4cnc5ccccc54)[C@H](O)C[C@H]3C2)n1. The van der Waals surface area contributed by atoms with Gasteiger partial charge in [0, 0.05) is 13.1 Å². The lowest BCUT2D eigenvalue weighted by Gasteiger charge is -2.36. The second-order valence-electron chi connectivity index (χ2n) is 8.08. The number of ether oxygens (including phenoxy) is 1. The van der Waals surface area contributed by atoms with Crippen molar-refractivity contribution in [2.75, 3.05) is 20.2 Å². The molecule has 152 valence electrons. The molecule has 0 radical (unpaired) electrons. The second kappa shape index (κ2) is 7.27. The number of hydrogen-bond donors (Lipinski definition) is 1. The van der Waals surface area contributed by atoms with Gasteiger partial charge in [0.2, 0.25) is 5.89 Å². The van der Waals surface area contributed by atoms with Crippen LogP contribution in [0.3, 0.4) is 0 Å². The van der Waals surface area contributed by atoms with E-state index in [0.29, 0.717) is 24.3 Å². The van der Waals surface area contributed by atoms with E-state index in [0.717, 1.165) is 37.0 Å². The van der Waals surface area contributed by atoms with Crippen molar-refractivity contribution in [2.45, 2.75) is 31.5 Å². The second-order valence-corrected chi connectivity index (χ2v) is 8.08. The van der Waals surface area contributed by atoms with E-state index >= 15 is 0 Å². The Hall–Kier alpha value is -2.71.